The van der Waals surface area contributed by atoms with Gasteiger partial charge in [0.15, 0.2) is 0 Å². The molecule has 0 fully saturated rings. The summed E-state index contributed by atoms with van der Waals surface area (Å²) >= 11 is 0. The number of hydrazone groups is 1. The first-order valence-corrected chi connectivity index (χ1v) is 7.41. The second-order valence-corrected chi connectivity index (χ2v) is 4.90. The SMILES string of the molecule is CCN(CC)C(=O)C(=O)N/N=C\c1c(O)ccc2ccccc12. The largest absolute Gasteiger partial charge is 0.507 e. The second kappa shape index (κ2) is 7.40. The molecular weight excluding hydrogens is 294 g/mol. The number of phenols is 1. The van der Waals surface area contributed by atoms with Crippen LogP contribution in [-0.4, -0.2) is 41.1 Å². The molecule has 2 aromatic carbocycles. The predicted molar refractivity (Wildman–Crippen MR) is 89.3 cm³/mol. The highest BCUT2D eigenvalue weighted by Crippen LogP contribution is 2.25. The number of carbonyl (C=O) groups is 2. The fraction of sp³-hybridized carbons (Fsp3) is 0.235. The van der Waals surface area contributed by atoms with Crippen molar-refractivity contribution >= 4 is 28.8 Å². The lowest BCUT2D eigenvalue weighted by molar-refractivity contribution is -0.145. The normalized spacial score (nSPS) is 10.9. The van der Waals surface area contributed by atoms with Gasteiger partial charge in [0.2, 0.25) is 0 Å². The molecule has 0 heterocycles. The molecule has 23 heavy (non-hydrogen) atoms. The Hall–Kier alpha value is -2.89. The summed E-state index contributed by atoms with van der Waals surface area (Å²) in [5.41, 5.74) is 2.69. The molecule has 0 aliphatic carbocycles. The molecule has 2 N–H and O–H groups in total. The number of aromatic hydroxyl groups is 1. The van der Waals surface area contributed by atoms with E-state index in [4.69, 9.17) is 0 Å². The van der Waals surface area contributed by atoms with Crippen molar-refractivity contribution in [2.45, 2.75) is 13.8 Å². The van der Waals surface area contributed by atoms with Crippen LogP contribution in [0, 0.1) is 0 Å². The molecule has 0 bridgehead atoms. The molecule has 2 aromatic rings. The fourth-order valence-corrected chi connectivity index (χ4v) is 2.28. The van der Waals surface area contributed by atoms with Gasteiger partial charge in [-0.3, -0.25) is 9.59 Å². The highest BCUT2D eigenvalue weighted by Gasteiger charge is 2.18. The zero-order valence-corrected chi connectivity index (χ0v) is 13.1. The molecule has 6 heteroatoms. The van der Waals surface area contributed by atoms with Gasteiger partial charge in [-0.2, -0.15) is 5.10 Å². The first-order valence-electron chi connectivity index (χ1n) is 7.41. The van der Waals surface area contributed by atoms with Crippen LogP contribution in [0.25, 0.3) is 10.8 Å². The van der Waals surface area contributed by atoms with Crippen LogP contribution >= 0.6 is 0 Å². The van der Waals surface area contributed by atoms with Gasteiger partial charge in [0, 0.05) is 18.7 Å². The van der Waals surface area contributed by atoms with E-state index < -0.39 is 11.8 Å². The quantitative estimate of drug-likeness (QED) is 0.513. The van der Waals surface area contributed by atoms with Gasteiger partial charge >= 0.3 is 11.8 Å². The number of carbonyl (C=O) groups excluding carboxylic acids is 2. The number of nitrogens with zero attached hydrogens (tertiary/aromatic N) is 2. The zero-order valence-electron chi connectivity index (χ0n) is 13.1. The minimum atomic E-state index is -0.801. The molecule has 0 unspecified atom stereocenters. The third-order valence-corrected chi connectivity index (χ3v) is 3.55. The molecule has 0 atom stereocenters. The minimum absolute atomic E-state index is 0.0526. The van der Waals surface area contributed by atoms with Crippen molar-refractivity contribution < 1.29 is 14.7 Å². The van der Waals surface area contributed by atoms with E-state index in [1.54, 1.807) is 26.0 Å². The van der Waals surface area contributed by atoms with Crippen LogP contribution < -0.4 is 5.43 Å². The average molecular weight is 313 g/mol. The fourth-order valence-electron chi connectivity index (χ4n) is 2.28. The van der Waals surface area contributed by atoms with Crippen molar-refractivity contribution in [3.8, 4) is 5.75 Å². The van der Waals surface area contributed by atoms with E-state index in [9.17, 15) is 14.7 Å². The van der Waals surface area contributed by atoms with Gasteiger partial charge in [-0.05, 0) is 30.7 Å². The maximum atomic E-state index is 11.8. The lowest BCUT2D eigenvalue weighted by Crippen LogP contribution is -2.41. The Kier molecular flexibility index (Phi) is 5.30. The molecule has 2 rings (SSSR count). The number of benzene rings is 2. The van der Waals surface area contributed by atoms with Crippen molar-refractivity contribution in [3.63, 3.8) is 0 Å². The van der Waals surface area contributed by atoms with Crippen molar-refractivity contribution in [1.29, 1.82) is 0 Å². The molecule has 0 radical (unpaired) electrons. The Morgan fingerprint density at radius 3 is 2.57 bits per heavy atom. The first-order chi connectivity index (χ1) is 11.1. The molecule has 0 aliphatic heterocycles. The third-order valence-electron chi connectivity index (χ3n) is 3.55. The van der Waals surface area contributed by atoms with Gasteiger partial charge in [0.25, 0.3) is 0 Å². The van der Waals surface area contributed by atoms with Gasteiger partial charge in [-0.25, -0.2) is 5.43 Å². The van der Waals surface area contributed by atoms with Crippen LogP contribution in [0.2, 0.25) is 0 Å². The predicted octanol–water partition coefficient (Wildman–Crippen LogP) is 1.86. The van der Waals surface area contributed by atoms with E-state index in [0.29, 0.717) is 18.7 Å². The maximum Gasteiger partial charge on any atom is 0.329 e. The number of nitrogens with one attached hydrogen (secondary N) is 1. The summed E-state index contributed by atoms with van der Waals surface area (Å²) in [6.45, 7) is 4.51. The van der Waals surface area contributed by atoms with Crippen LogP contribution in [0.5, 0.6) is 5.75 Å². The Labute approximate surface area is 134 Å². The zero-order chi connectivity index (χ0) is 16.8. The van der Waals surface area contributed by atoms with Crippen molar-refractivity contribution in [2.75, 3.05) is 13.1 Å². The Morgan fingerprint density at radius 2 is 1.87 bits per heavy atom. The standard InChI is InChI=1S/C17H19N3O3/c1-3-20(4-2)17(23)16(22)19-18-11-14-13-8-6-5-7-12(13)9-10-15(14)21/h5-11,21H,3-4H2,1-2H3,(H,19,22)/b18-11-. The van der Waals surface area contributed by atoms with Gasteiger partial charge in [-0.1, -0.05) is 30.3 Å². The number of amides is 2. The summed E-state index contributed by atoms with van der Waals surface area (Å²) in [7, 11) is 0. The molecule has 0 spiro atoms. The van der Waals surface area contributed by atoms with E-state index in [-0.39, 0.29) is 5.75 Å². The summed E-state index contributed by atoms with van der Waals surface area (Å²) in [6, 6.07) is 10.9. The number of fused-ring (bicyclic) bond motifs is 1. The summed E-state index contributed by atoms with van der Waals surface area (Å²) in [4.78, 5) is 25.0. The molecule has 2 amide bonds. The average Bonchev–Trinajstić information content (AvgIpc) is 2.57. The van der Waals surface area contributed by atoms with E-state index in [1.165, 1.54) is 11.1 Å². The van der Waals surface area contributed by atoms with Crippen LogP contribution in [0.4, 0.5) is 0 Å². The number of likely N-dealkylation sites (N-methyl/N-ethyl adjacent to an activating group) is 1. The number of hydrogen-bond acceptors (Lipinski definition) is 4. The number of hydrogen-bond donors (Lipinski definition) is 2. The topological polar surface area (TPSA) is 82.0 Å². The number of rotatable bonds is 4. The van der Waals surface area contributed by atoms with Crippen LogP contribution in [-0.2, 0) is 9.59 Å². The molecule has 0 saturated carbocycles. The van der Waals surface area contributed by atoms with Gasteiger partial charge in [0.05, 0.1) is 6.21 Å². The molecule has 6 nitrogen and oxygen atoms in total. The summed E-state index contributed by atoms with van der Waals surface area (Å²) in [5.74, 6) is -1.38. The van der Waals surface area contributed by atoms with Crippen molar-refractivity contribution in [2.24, 2.45) is 5.10 Å². The van der Waals surface area contributed by atoms with Gasteiger partial charge < -0.3 is 10.0 Å². The van der Waals surface area contributed by atoms with E-state index >= 15 is 0 Å². The molecular formula is C17H19N3O3. The monoisotopic (exact) mass is 313 g/mol. The minimum Gasteiger partial charge on any atom is -0.507 e. The van der Waals surface area contributed by atoms with Crippen molar-refractivity contribution in [3.05, 3.63) is 42.0 Å². The second-order valence-electron chi connectivity index (χ2n) is 4.90. The van der Waals surface area contributed by atoms with E-state index in [2.05, 4.69) is 10.5 Å². The van der Waals surface area contributed by atoms with Crippen LogP contribution in [0.1, 0.15) is 19.4 Å². The van der Waals surface area contributed by atoms with Crippen molar-refractivity contribution in [1.82, 2.24) is 10.3 Å². The number of phenolic OH excluding ortho intramolecular Hbond substituents is 1. The lowest BCUT2D eigenvalue weighted by Gasteiger charge is -2.16. The van der Waals surface area contributed by atoms with Crippen LogP contribution in [0.3, 0.4) is 0 Å². The summed E-state index contributed by atoms with van der Waals surface area (Å²) in [6.07, 6.45) is 1.34. The highest BCUT2D eigenvalue weighted by atomic mass is 16.3. The maximum absolute atomic E-state index is 11.8. The smallest absolute Gasteiger partial charge is 0.329 e. The molecule has 0 aromatic heterocycles. The molecule has 0 aliphatic rings. The summed E-state index contributed by atoms with van der Waals surface area (Å²) < 4.78 is 0. The highest BCUT2D eigenvalue weighted by molar-refractivity contribution is 6.35. The van der Waals surface area contributed by atoms with Gasteiger partial charge in [0.1, 0.15) is 5.75 Å². The summed E-state index contributed by atoms with van der Waals surface area (Å²) in [5, 5.41) is 15.5. The van der Waals surface area contributed by atoms with Gasteiger partial charge in [-0.15, -0.1) is 0 Å². The van der Waals surface area contributed by atoms with E-state index in [0.717, 1.165) is 10.8 Å². The molecule has 120 valence electrons. The Morgan fingerprint density at radius 1 is 1.17 bits per heavy atom. The lowest BCUT2D eigenvalue weighted by atomic mass is 10.0. The third kappa shape index (κ3) is 3.66. The Bertz CT molecular complexity index is 752. The van der Waals surface area contributed by atoms with E-state index in [1.807, 2.05) is 24.3 Å². The van der Waals surface area contributed by atoms with Crippen LogP contribution in [0.15, 0.2) is 41.5 Å². The first kappa shape index (κ1) is 16.5. The molecule has 0 saturated heterocycles. The Balaban J connectivity index is 2.17.